The van der Waals surface area contributed by atoms with E-state index >= 15 is 0 Å². The fraction of sp³-hybridized carbons (Fsp3) is 0.667. The number of anilines is 1. The fourth-order valence-corrected chi connectivity index (χ4v) is 12.2. The Morgan fingerprint density at radius 3 is 2.57 bits per heavy atom. The Balaban J connectivity index is 1.15. The van der Waals surface area contributed by atoms with E-state index in [1.165, 1.54) is 11.1 Å². The minimum Gasteiger partial charge on any atom is -0.490 e. The molecule has 1 saturated carbocycles. The third kappa shape index (κ3) is 7.26. The molecule has 0 aromatic heterocycles. The van der Waals surface area contributed by atoms with Gasteiger partial charge in [0.2, 0.25) is 0 Å². The van der Waals surface area contributed by atoms with Crippen LogP contribution in [-0.2, 0) is 31.0 Å². The molecule has 4 aliphatic heterocycles. The Kier molecular flexibility index (Phi) is 10.6. The number of hydrogen-bond acceptors (Lipinski definition) is 8. The van der Waals surface area contributed by atoms with Crippen LogP contribution in [0.4, 0.5) is 5.69 Å². The second-order valence-electron chi connectivity index (χ2n) is 17.2. The molecule has 6 aliphatic rings. The molecule has 1 unspecified atom stereocenters. The molecule has 2 aromatic carbocycles. The summed E-state index contributed by atoms with van der Waals surface area (Å²) in [5.74, 6) is 5.50. The topological polar surface area (TPSA) is 83.6 Å². The maximum Gasteiger partial charge on any atom is 0.262 e. The molecule has 8 rings (SSSR count). The number of methoxy groups -OCH3 is 1. The van der Waals surface area contributed by atoms with E-state index < -0.39 is 9.71 Å². The lowest BCUT2D eigenvalue weighted by molar-refractivity contribution is -0.138. The highest BCUT2D eigenvalue weighted by Crippen LogP contribution is 2.50. The second kappa shape index (κ2) is 15.0. The zero-order valence-corrected chi connectivity index (χ0v) is 33.5. The summed E-state index contributed by atoms with van der Waals surface area (Å²) in [4.78, 5) is 21.6. The summed E-state index contributed by atoms with van der Waals surface area (Å²) >= 11 is 6.53. The van der Waals surface area contributed by atoms with Gasteiger partial charge in [0.15, 0.2) is 0 Å². The summed E-state index contributed by atoms with van der Waals surface area (Å²) in [5.41, 5.74) is 3.56. The zero-order chi connectivity index (χ0) is 37.0. The summed E-state index contributed by atoms with van der Waals surface area (Å²) in [6, 6.07) is 12.7. The number of rotatable bonds is 4. The zero-order valence-electron chi connectivity index (χ0n) is 32.0. The van der Waals surface area contributed by atoms with Gasteiger partial charge < -0.3 is 19.1 Å². The smallest absolute Gasteiger partial charge is 0.262 e. The summed E-state index contributed by atoms with van der Waals surface area (Å²) in [6.07, 6.45) is 8.21. The van der Waals surface area contributed by atoms with Crippen molar-refractivity contribution in [2.75, 3.05) is 77.6 Å². The van der Waals surface area contributed by atoms with Crippen molar-refractivity contribution in [3.63, 3.8) is 0 Å². The van der Waals surface area contributed by atoms with Crippen LogP contribution in [0, 0.1) is 17.8 Å². The number of fused-ring (bicyclic) bond motifs is 4. The fourth-order valence-electron chi connectivity index (χ4n) is 10.5. The second-order valence-corrected chi connectivity index (χ2v) is 20.1. The van der Waals surface area contributed by atoms with Crippen LogP contribution in [0.5, 0.6) is 5.75 Å². The van der Waals surface area contributed by atoms with Crippen LogP contribution in [-0.4, -0.2) is 115 Å². The molecule has 4 heterocycles. The van der Waals surface area contributed by atoms with Gasteiger partial charge >= 0.3 is 0 Å². The molecule has 2 aliphatic carbocycles. The number of nitrogens with one attached hydrogen (secondary N) is 1. The van der Waals surface area contributed by atoms with E-state index in [0.717, 1.165) is 127 Å². The predicted octanol–water partition coefficient (Wildman–Crippen LogP) is 5.81. The Morgan fingerprint density at radius 2 is 1.85 bits per heavy atom. The van der Waals surface area contributed by atoms with Gasteiger partial charge in [-0.15, -0.1) is 0 Å². The SMILES string of the molecule is C=S1(=O)NC(=O)c2ccc3c(c2)N(C[C@@H]2CC[C@H]2[C@](CN2CCN(C4COC4)CC2)(OC)CCC[C@H](C)[C@H]1C)C[C@@]1(CCCc2cc(Cl)ccc21)CO3. The maximum absolute atomic E-state index is 14.1. The number of amides is 1. The number of carbonyl (C=O) groups is 1. The number of benzene rings is 2. The molecule has 1 amide bonds. The van der Waals surface area contributed by atoms with Crippen molar-refractivity contribution in [2.24, 2.45) is 17.8 Å². The van der Waals surface area contributed by atoms with Gasteiger partial charge in [0.05, 0.1) is 46.9 Å². The average Bonchev–Trinajstić information content (AvgIpc) is 3.25. The van der Waals surface area contributed by atoms with Crippen LogP contribution < -0.4 is 14.4 Å². The van der Waals surface area contributed by atoms with E-state index in [2.05, 4.69) is 44.3 Å². The first kappa shape index (κ1) is 37.6. The molecule has 0 radical (unpaired) electrons. The summed E-state index contributed by atoms with van der Waals surface area (Å²) < 4.78 is 36.1. The van der Waals surface area contributed by atoms with E-state index in [-0.39, 0.29) is 28.1 Å². The molecule has 2 bridgehead atoms. The Labute approximate surface area is 322 Å². The molecule has 3 fully saturated rings. The Morgan fingerprint density at radius 1 is 1.04 bits per heavy atom. The van der Waals surface area contributed by atoms with Gasteiger partial charge in [0, 0.05) is 74.2 Å². The standard InChI is InChI=1S/C42H59ClN4O5S/c1-29-7-5-16-42(50-3,27-45-17-19-46(20-18-45)35-24-51-25-35)37-12-9-33(37)23-47-26-41(15-6-8-31-21-34(43)11-13-36(31)41)28-52-39-14-10-32(22-38(39)47)40(48)44-53(4,49)30(29)2/h10-11,13-14,21-22,29-30,33,35,37H,4-9,12,15-20,23-28H2,1-3H3,(H,44,48,49)/t29-,30+,33-,37+,41-,42-,53?/m0/s1. The molecule has 11 heteroatoms. The minimum absolute atomic E-state index is 0.119. The van der Waals surface area contributed by atoms with Crippen molar-refractivity contribution >= 4 is 38.8 Å². The van der Waals surface area contributed by atoms with Gasteiger partial charge in [-0.05, 0) is 117 Å². The lowest BCUT2D eigenvalue weighted by Crippen LogP contribution is -2.61. The molecule has 9 nitrogen and oxygen atoms in total. The van der Waals surface area contributed by atoms with Crippen LogP contribution in [0.25, 0.3) is 0 Å². The lowest BCUT2D eigenvalue weighted by Gasteiger charge is -2.54. The largest absolute Gasteiger partial charge is 0.490 e. The van der Waals surface area contributed by atoms with Gasteiger partial charge in [-0.1, -0.05) is 31.0 Å². The molecule has 2 saturated heterocycles. The van der Waals surface area contributed by atoms with Gasteiger partial charge in [-0.2, -0.15) is 0 Å². The highest BCUT2D eigenvalue weighted by Gasteiger charge is 2.51. The number of piperazine rings is 1. The maximum atomic E-state index is 14.1. The van der Waals surface area contributed by atoms with Crippen LogP contribution in [0.2, 0.25) is 5.02 Å². The van der Waals surface area contributed by atoms with E-state index in [9.17, 15) is 9.00 Å². The molecule has 290 valence electrons. The molecule has 1 spiro atoms. The highest BCUT2D eigenvalue weighted by molar-refractivity contribution is 7.99. The predicted molar refractivity (Wildman–Crippen MR) is 214 cm³/mol. The lowest BCUT2D eigenvalue weighted by atomic mass is 9.62. The van der Waals surface area contributed by atoms with Gasteiger partial charge in [-0.25, -0.2) is 4.21 Å². The number of ether oxygens (including phenoxy) is 3. The normalized spacial score (nSPS) is 35.9. The summed E-state index contributed by atoms with van der Waals surface area (Å²) in [5, 5.41) is 0.494. The average molecular weight is 767 g/mol. The van der Waals surface area contributed by atoms with Crippen molar-refractivity contribution in [3.05, 3.63) is 58.1 Å². The third-order valence-corrected chi connectivity index (χ3v) is 16.6. The monoisotopic (exact) mass is 766 g/mol. The molecule has 1 N–H and O–H groups in total. The van der Waals surface area contributed by atoms with Gasteiger partial charge in [0.1, 0.15) is 5.75 Å². The third-order valence-electron chi connectivity index (χ3n) is 14.2. The number of nitrogens with zero attached hydrogens (tertiary/aromatic N) is 3. The van der Waals surface area contributed by atoms with Crippen molar-refractivity contribution in [1.29, 1.82) is 0 Å². The Bertz CT molecular complexity index is 1780. The minimum atomic E-state index is -2.92. The van der Waals surface area contributed by atoms with Crippen molar-refractivity contribution in [3.8, 4) is 5.75 Å². The van der Waals surface area contributed by atoms with E-state index in [1.54, 1.807) is 0 Å². The Hall–Kier alpha value is -2.34. The van der Waals surface area contributed by atoms with Crippen molar-refractivity contribution in [2.45, 2.75) is 87.5 Å². The quantitative estimate of drug-likeness (QED) is 0.391. The molecular formula is C42H59ClN4O5S. The van der Waals surface area contributed by atoms with Crippen LogP contribution in [0.1, 0.15) is 80.3 Å². The number of aryl methyl sites for hydroxylation is 1. The summed E-state index contributed by atoms with van der Waals surface area (Å²) in [7, 11) is -0.975. The van der Waals surface area contributed by atoms with Crippen LogP contribution in [0.3, 0.4) is 0 Å². The summed E-state index contributed by atoms with van der Waals surface area (Å²) in [6.45, 7) is 13.2. The van der Waals surface area contributed by atoms with Gasteiger partial charge in [-0.3, -0.25) is 19.3 Å². The van der Waals surface area contributed by atoms with E-state index in [1.807, 2.05) is 38.3 Å². The first-order chi connectivity index (χ1) is 25.5. The molecule has 53 heavy (non-hydrogen) atoms. The van der Waals surface area contributed by atoms with Crippen molar-refractivity contribution in [1.82, 2.24) is 14.5 Å². The first-order valence-electron chi connectivity index (χ1n) is 20.1. The van der Waals surface area contributed by atoms with E-state index in [0.29, 0.717) is 30.0 Å². The van der Waals surface area contributed by atoms with Gasteiger partial charge in [0.25, 0.3) is 5.91 Å². The molecular weight excluding hydrogens is 708 g/mol. The molecule has 7 atom stereocenters. The van der Waals surface area contributed by atoms with Crippen LogP contribution >= 0.6 is 11.6 Å². The first-order valence-corrected chi connectivity index (χ1v) is 22.2. The number of halogens is 1. The highest BCUT2D eigenvalue weighted by atomic mass is 35.5. The van der Waals surface area contributed by atoms with Crippen molar-refractivity contribution < 1.29 is 23.2 Å². The number of hydrogen-bond donors (Lipinski definition) is 1. The van der Waals surface area contributed by atoms with Crippen LogP contribution in [0.15, 0.2) is 36.4 Å². The van der Waals surface area contributed by atoms with E-state index in [4.69, 9.17) is 25.8 Å². The molecule has 2 aromatic rings. The number of carbonyl (C=O) groups excluding carboxylic acids is 1.